The molecule has 1 aliphatic heterocycles. The molecule has 3 rings (SSSR count). The zero-order valence-electron chi connectivity index (χ0n) is 13.7. The number of hydrogen-bond donors (Lipinski definition) is 2. The largest absolute Gasteiger partial charge is 0.326 e. The Kier molecular flexibility index (Phi) is 4.43. The Balaban J connectivity index is 1.86. The molecule has 0 radical (unpaired) electrons. The third kappa shape index (κ3) is 3.34. The summed E-state index contributed by atoms with van der Waals surface area (Å²) in [4.78, 5) is 11.6. The van der Waals surface area contributed by atoms with Crippen molar-refractivity contribution in [2.45, 2.75) is 37.6 Å². The predicted molar refractivity (Wildman–Crippen MR) is 93.3 cm³/mol. The Hall–Kier alpha value is -2.18. The van der Waals surface area contributed by atoms with Crippen LogP contribution in [0.25, 0.3) is 0 Å². The zero-order valence-corrected chi connectivity index (χ0v) is 14.5. The van der Waals surface area contributed by atoms with Crippen molar-refractivity contribution in [2.24, 2.45) is 0 Å². The van der Waals surface area contributed by atoms with Crippen LogP contribution in [0.3, 0.4) is 0 Å². The van der Waals surface area contributed by atoms with E-state index in [0.717, 1.165) is 16.7 Å². The van der Waals surface area contributed by atoms with Crippen LogP contribution in [0.5, 0.6) is 0 Å². The summed E-state index contributed by atoms with van der Waals surface area (Å²) < 4.78 is 28.1. The molecule has 0 unspecified atom stereocenters. The van der Waals surface area contributed by atoms with Crippen LogP contribution in [0.4, 0.5) is 5.69 Å². The van der Waals surface area contributed by atoms with Crippen molar-refractivity contribution in [1.29, 1.82) is 0 Å². The lowest BCUT2D eigenvalue weighted by Crippen LogP contribution is -2.28. The highest BCUT2D eigenvalue weighted by atomic mass is 32.2. The number of rotatable bonds is 4. The lowest BCUT2D eigenvalue weighted by atomic mass is 10.0. The molecule has 0 saturated carbocycles. The van der Waals surface area contributed by atoms with E-state index in [1.54, 1.807) is 12.1 Å². The van der Waals surface area contributed by atoms with Gasteiger partial charge in [0.15, 0.2) is 0 Å². The van der Waals surface area contributed by atoms with Gasteiger partial charge < -0.3 is 5.32 Å². The lowest BCUT2D eigenvalue weighted by Gasteiger charge is -2.19. The molecule has 1 aliphatic rings. The Bertz CT molecular complexity index is 891. The Morgan fingerprint density at radius 3 is 2.62 bits per heavy atom. The van der Waals surface area contributed by atoms with E-state index in [2.05, 4.69) is 10.0 Å². The van der Waals surface area contributed by atoms with Crippen LogP contribution >= 0.6 is 0 Å². The number of carbonyl (C=O) groups excluding carboxylic acids is 1. The molecule has 0 aromatic heterocycles. The van der Waals surface area contributed by atoms with Gasteiger partial charge in [-0.05, 0) is 55.2 Å². The molecule has 1 atom stereocenters. The third-order valence-corrected chi connectivity index (χ3v) is 5.81. The number of nitrogens with one attached hydrogen (secondary N) is 2. The SMILES string of the molecule is Cc1ccccc1[C@H](C)NS(=O)(=O)c1ccc2c(c1)CCC(=O)N2. The summed E-state index contributed by atoms with van der Waals surface area (Å²) in [5, 5.41) is 2.76. The van der Waals surface area contributed by atoms with Crippen molar-refractivity contribution >= 4 is 21.6 Å². The minimum atomic E-state index is -3.63. The molecule has 126 valence electrons. The minimum absolute atomic E-state index is 0.0376. The van der Waals surface area contributed by atoms with Crippen molar-refractivity contribution in [3.05, 3.63) is 59.2 Å². The third-order valence-electron chi connectivity index (χ3n) is 4.27. The van der Waals surface area contributed by atoms with E-state index < -0.39 is 10.0 Å². The fourth-order valence-corrected chi connectivity index (χ4v) is 4.24. The molecule has 1 heterocycles. The van der Waals surface area contributed by atoms with Crippen molar-refractivity contribution in [2.75, 3.05) is 5.32 Å². The molecule has 2 N–H and O–H groups in total. The molecule has 2 aromatic carbocycles. The fraction of sp³-hybridized carbons (Fsp3) is 0.278. The Labute approximate surface area is 142 Å². The van der Waals surface area contributed by atoms with Gasteiger partial charge in [-0.1, -0.05) is 24.3 Å². The maximum atomic E-state index is 12.7. The fourth-order valence-electron chi connectivity index (χ4n) is 2.96. The van der Waals surface area contributed by atoms with Gasteiger partial charge in [0.1, 0.15) is 0 Å². The number of carbonyl (C=O) groups is 1. The van der Waals surface area contributed by atoms with Gasteiger partial charge in [-0.15, -0.1) is 0 Å². The summed E-state index contributed by atoms with van der Waals surface area (Å²) in [6.07, 6.45) is 0.932. The zero-order chi connectivity index (χ0) is 17.3. The molecular formula is C18H20N2O3S. The van der Waals surface area contributed by atoms with Gasteiger partial charge in [-0.2, -0.15) is 0 Å². The first-order valence-corrected chi connectivity index (χ1v) is 9.36. The van der Waals surface area contributed by atoms with Crippen LogP contribution in [-0.2, 0) is 21.2 Å². The van der Waals surface area contributed by atoms with Crippen LogP contribution < -0.4 is 10.0 Å². The number of aryl methyl sites for hydroxylation is 2. The first-order valence-electron chi connectivity index (χ1n) is 7.87. The topological polar surface area (TPSA) is 75.3 Å². The molecule has 1 amide bonds. The lowest BCUT2D eigenvalue weighted by molar-refractivity contribution is -0.116. The first kappa shape index (κ1) is 16.7. The number of anilines is 1. The van der Waals surface area contributed by atoms with Gasteiger partial charge in [0, 0.05) is 18.2 Å². The van der Waals surface area contributed by atoms with Crippen molar-refractivity contribution in [1.82, 2.24) is 4.72 Å². The molecule has 0 aliphatic carbocycles. The maximum Gasteiger partial charge on any atom is 0.241 e. The van der Waals surface area contributed by atoms with Crippen LogP contribution in [0.15, 0.2) is 47.4 Å². The summed E-state index contributed by atoms with van der Waals surface area (Å²) in [7, 11) is -3.63. The van der Waals surface area contributed by atoms with Crippen LogP contribution in [0, 0.1) is 6.92 Å². The van der Waals surface area contributed by atoms with E-state index in [0.29, 0.717) is 18.5 Å². The van der Waals surface area contributed by atoms with Crippen molar-refractivity contribution < 1.29 is 13.2 Å². The summed E-state index contributed by atoms with van der Waals surface area (Å²) >= 11 is 0. The second-order valence-electron chi connectivity index (χ2n) is 6.07. The predicted octanol–water partition coefficient (Wildman–Crippen LogP) is 2.92. The summed E-state index contributed by atoms with van der Waals surface area (Å²) in [5.41, 5.74) is 3.53. The average Bonchev–Trinajstić information content (AvgIpc) is 2.54. The highest BCUT2D eigenvalue weighted by Gasteiger charge is 2.22. The Morgan fingerprint density at radius 2 is 1.88 bits per heavy atom. The first-order chi connectivity index (χ1) is 11.4. The molecule has 6 heteroatoms. The molecule has 5 nitrogen and oxygen atoms in total. The monoisotopic (exact) mass is 344 g/mol. The van der Waals surface area contributed by atoms with Crippen LogP contribution in [-0.4, -0.2) is 14.3 Å². The average molecular weight is 344 g/mol. The number of hydrogen-bond acceptors (Lipinski definition) is 3. The van der Waals surface area contributed by atoms with Gasteiger partial charge in [0.25, 0.3) is 0 Å². The normalized spacial score (nSPS) is 15.5. The molecule has 0 spiro atoms. The minimum Gasteiger partial charge on any atom is -0.326 e. The molecule has 0 fully saturated rings. The van der Waals surface area contributed by atoms with Gasteiger partial charge in [-0.25, -0.2) is 13.1 Å². The van der Waals surface area contributed by atoms with Crippen molar-refractivity contribution in [3.63, 3.8) is 0 Å². The van der Waals surface area contributed by atoms with Gasteiger partial charge in [-0.3, -0.25) is 4.79 Å². The Morgan fingerprint density at radius 1 is 1.12 bits per heavy atom. The quantitative estimate of drug-likeness (QED) is 0.895. The number of amides is 1. The molecular weight excluding hydrogens is 324 g/mol. The molecule has 24 heavy (non-hydrogen) atoms. The smallest absolute Gasteiger partial charge is 0.241 e. The summed E-state index contributed by atoms with van der Waals surface area (Å²) in [5.74, 6) is -0.0376. The molecule has 0 bridgehead atoms. The second-order valence-corrected chi connectivity index (χ2v) is 7.78. The number of benzene rings is 2. The number of fused-ring (bicyclic) bond motifs is 1. The second kappa shape index (κ2) is 6.37. The van der Waals surface area contributed by atoms with Crippen LogP contribution in [0.1, 0.15) is 36.1 Å². The summed E-state index contributed by atoms with van der Waals surface area (Å²) in [6.45, 7) is 3.79. The summed E-state index contributed by atoms with van der Waals surface area (Å²) in [6, 6.07) is 12.2. The van der Waals surface area contributed by atoms with E-state index in [1.807, 2.05) is 38.1 Å². The standard InChI is InChI=1S/C18H20N2O3S/c1-12-5-3-4-6-16(12)13(2)20-24(22,23)15-8-9-17-14(11-15)7-10-18(21)19-17/h3-6,8-9,11,13,20H,7,10H2,1-2H3,(H,19,21)/t13-/m0/s1. The number of sulfonamides is 1. The van der Waals surface area contributed by atoms with Gasteiger partial charge in [0.2, 0.25) is 15.9 Å². The highest BCUT2D eigenvalue weighted by Crippen LogP contribution is 2.26. The maximum absolute atomic E-state index is 12.7. The van der Waals surface area contributed by atoms with E-state index in [-0.39, 0.29) is 16.8 Å². The molecule has 0 saturated heterocycles. The highest BCUT2D eigenvalue weighted by molar-refractivity contribution is 7.89. The van der Waals surface area contributed by atoms with Gasteiger partial charge in [0.05, 0.1) is 4.90 Å². The molecule has 2 aromatic rings. The van der Waals surface area contributed by atoms with E-state index in [1.165, 1.54) is 6.07 Å². The van der Waals surface area contributed by atoms with E-state index in [9.17, 15) is 13.2 Å². The van der Waals surface area contributed by atoms with Crippen molar-refractivity contribution in [3.8, 4) is 0 Å². The van der Waals surface area contributed by atoms with E-state index >= 15 is 0 Å². The van der Waals surface area contributed by atoms with E-state index in [4.69, 9.17) is 0 Å². The van der Waals surface area contributed by atoms with Gasteiger partial charge >= 0.3 is 0 Å². The van der Waals surface area contributed by atoms with Crippen LogP contribution in [0.2, 0.25) is 0 Å².